The van der Waals surface area contributed by atoms with Gasteiger partial charge in [0.25, 0.3) is 0 Å². The molecule has 1 atom stereocenters. The van der Waals surface area contributed by atoms with Crippen LogP contribution in [0.2, 0.25) is 0 Å². The Morgan fingerprint density at radius 3 is 2.81 bits per heavy atom. The molecule has 0 spiro atoms. The molecule has 0 aliphatic carbocycles. The Kier molecular flexibility index (Phi) is 5.81. The molecule has 2 aromatic rings. The summed E-state index contributed by atoms with van der Waals surface area (Å²) in [7, 11) is 1.70. The quantitative estimate of drug-likeness (QED) is 0.781. The van der Waals surface area contributed by atoms with Crippen molar-refractivity contribution < 1.29 is 4.74 Å². The van der Waals surface area contributed by atoms with E-state index in [1.807, 2.05) is 24.4 Å². The molecule has 0 fully saturated rings. The Morgan fingerprint density at radius 1 is 1.24 bits per heavy atom. The molecule has 0 amide bonds. The number of ether oxygens (including phenoxy) is 1. The lowest BCUT2D eigenvalue weighted by Crippen LogP contribution is -2.18. The van der Waals surface area contributed by atoms with Gasteiger partial charge in [0.1, 0.15) is 11.6 Å². The zero-order valence-electron chi connectivity index (χ0n) is 12.9. The maximum Gasteiger partial charge on any atom is 0.133 e. The molecule has 21 heavy (non-hydrogen) atoms. The van der Waals surface area contributed by atoms with Gasteiger partial charge >= 0.3 is 0 Å². The van der Waals surface area contributed by atoms with Crippen molar-refractivity contribution in [1.29, 1.82) is 0 Å². The number of nitrogens with one attached hydrogen (secondary N) is 1. The lowest BCUT2D eigenvalue weighted by atomic mass is 10.00. The van der Waals surface area contributed by atoms with Crippen LogP contribution in [0, 0.1) is 5.92 Å². The maximum absolute atomic E-state index is 5.70. The minimum Gasteiger partial charge on any atom is -0.496 e. The van der Waals surface area contributed by atoms with Crippen LogP contribution in [0.25, 0.3) is 10.8 Å². The summed E-state index contributed by atoms with van der Waals surface area (Å²) in [6.07, 6.45) is 5.25. The minimum absolute atomic E-state index is 0.600. The van der Waals surface area contributed by atoms with E-state index in [2.05, 4.69) is 23.3 Å². The van der Waals surface area contributed by atoms with Gasteiger partial charge in [-0.1, -0.05) is 25.5 Å². The highest BCUT2D eigenvalue weighted by atomic mass is 16.5. The molecule has 0 saturated heterocycles. The first-order valence-electron chi connectivity index (χ1n) is 7.65. The first-order chi connectivity index (χ1) is 10.3. The molecule has 4 nitrogen and oxygen atoms in total. The number of methoxy groups -OCH3 is 1. The predicted molar refractivity (Wildman–Crippen MR) is 88.9 cm³/mol. The molecule has 1 heterocycles. The van der Waals surface area contributed by atoms with Crippen molar-refractivity contribution in [3.05, 3.63) is 30.5 Å². The van der Waals surface area contributed by atoms with Crippen LogP contribution in [0.4, 0.5) is 5.82 Å². The van der Waals surface area contributed by atoms with Gasteiger partial charge in [0.05, 0.1) is 7.11 Å². The normalized spacial score (nSPS) is 12.3. The summed E-state index contributed by atoms with van der Waals surface area (Å²) < 4.78 is 5.41. The van der Waals surface area contributed by atoms with Crippen LogP contribution in [0.15, 0.2) is 30.5 Å². The zero-order valence-corrected chi connectivity index (χ0v) is 12.9. The van der Waals surface area contributed by atoms with Gasteiger partial charge in [-0.25, -0.2) is 4.98 Å². The lowest BCUT2D eigenvalue weighted by Gasteiger charge is -2.17. The second kappa shape index (κ2) is 7.84. The summed E-state index contributed by atoms with van der Waals surface area (Å²) in [5.74, 6) is 2.40. The van der Waals surface area contributed by atoms with Gasteiger partial charge in [-0.15, -0.1) is 0 Å². The Morgan fingerprint density at radius 2 is 2.10 bits per heavy atom. The van der Waals surface area contributed by atoms with E-state index in [-0.39, 0.29) is 0 Å². The molecule has 0 saturated carbocycles. The highest BCUT2D eigenvalue weighted by molar-refractivity contribution is 5.95. The van der Waals surface area contributed by atoms with E-state index in [0.29, 0.717) is 5.92 Å². The van der Waals surface area contributed by atoms with Crippen LogP contribution in [0.5, 0.6) is 5.75 Å². The molecular weight excluding hydrogens is 262 g/mol. The van der Waals surface area contributed by atoms with Crippen LogP contribution in [0.1, 0.15) is 26.2 Å². The van der Waals surface area contributed by atoms with Crippen molar-refractivity contribution in [1.82, 2.24) is 4.98 Å². The Labute approximate surface area is 126 Å². The fraction of sp³-hybridized carbons (Fsp3) is 0.471. The maximum atomic E-state index is 5.70. The van der Waals surface area contributed by atoms with E-state index in [1.165, 1.54) is 12.8 Å². The van der Waals surface area contributed by atoms with E-state index < -0.39 is 0 Å². The molecule has 0 aliphatic rings. The lowest BCUT2D eigenvalue weighted by molar-refractivity contribution is 0.420. The summed E-state index contributed by atoms with van der Waals surface area (Å²) in [5.41, 5.74) is 5.70. The van der Waals surface area contributed by atoms with Crippen LogP contribution in [-0.2, 0) is 0 Å². The third kappa shape index (κ3) is 3.85. The summed E-state index contributed by atoms with van der Waals surface area (Å²) in [4.78, 5) is 4.48. The van der Waals surface area contributed by atoms with Crippen molar-refractivity contribution in [3.63, 3.8) is 0 Å². The number of rotatable bonds is 8. The number of benzene rings is 1. The Hall–Kier alpha value is -1.81. The van der Waals surface area contributed by atoms with Crippen LogP contribution in [0.3, 0.4) is 0 Å². The SMILES string of the molecule is CCCC(CCN)CNc1nccc2c(OC)cccc12. The number of hydrogen-bond acceptors (Lipinski definition) is 4. The number of nitrogens with two attached hydrogens (primary N) is 1. The van der Waals surface area contributed by atoms with Gasteiger partial charge in [-0.05, 0) is 37.4 Å². The first kappa shape index (κ1) is 15.6. The fourth-order valence-corrected chi connectivity index (χ4v) is 2.73. The van der Waals surface area contributed by atoms with Gasteiger partial charge < -0.3 is 15.8 Å². The van der Waals surface area contributed by atoms with E-state index in [9.17, 15) is 0 Å². The molecule has 1 aromatic heterocycles. The number of fused-ring (bicyclic) bond motifs is 1. The zero-order chi connectivity index (χ0) is 15.1. The highest BCUT2D eigenvalue weighted by Crippen LogP contribution is 2.29. The summed E-state index contributed by atoms with van der Waals surface area (Å²) in [6, 6.07) is 8.03. The van der Waals surface area contributed by atoms with Crippen molar-refractivity contribution in [3.8, 4) is 5.75 Å². The predicted octanol–water partition coefficient (Wildman–Crippen LogP) is 3.42. The largest absolute Gasteiger partial charge is 0.496 e. The van der Waals surface area contributed by atoms with Gasteiger partial charge in [-0.3, -0.25) is 0 Å². The molecule has 1 unspecified atom stereocenters. The van der Waals surface area contributed by atoms with Crippen LogP contribution < -0.4 is 15.8 Å². The van der Waals surface area contributed by atoms with Crippen LogP contribution in [-0.4, -0.2) is 25.2 Å². The number of hydrogen-bond donors (Lipinski definition) is 2. The summed E-state index contributed by atoms with van der Waals surface area (Å²) >= 11 is 0. The topological polar surface area (TPSA) is 60.2 Å². The molecular formula is C17H25N3O. The van der Waals surface area contributed by atoms with E-state index in [4.69, 9.17) is 10.5 Å². The Bertz CT molecular complexity index is 565. The van der Waals surface area contributed by atoms with Gasteiger partial charge in [0, 0.05) is 23.5 Å². The average molecular weight is 287 g/mol. The van der Waals surface area contributed by atoms with E-state index >= 15 is 0 Å². The summed E-state index contributed by atoms with van der Waals surface area (Å²) in [6.45, 7) is 3.86. The molecule has 0 radical (unpaired) electrons. The van der Waals surface area contributed by atoms with Crippen molar-refractivity contribution in [2.24, 2.45) is 11.7 Å². The fourth-order valence-electron chi connectivity index (χ4n) is 2.73. The van der Waals surface area contributed by atoms with E-state index in [1.54, 1.807) is 7.11 Å². The molecule has 114 valence electrons. The second-order valence-electron chi connectivity index (χ2n) is 5.33. The number of nitrogens with zero attached hydrogens (tertiary/aromatic N) is 1. The first-order valence-corrected chi connectivity index (χ1v) is 7.65. The molecule has 3 N–H and O–H groups in total. The molecule has 0 bridgehead atoms. The van der Waals surface area contributed by atoms with Crippen LogP contribution >= 0.6 is 0 Å². The second-order valence-corrected chi connectivity index (χ2v) is 5.33. The number of pyridine rings is 1. The van der Waals surface area contributed by atoms with Gasteiger partial charge in [-0.2, -0.15) is 0 Å². The highest BCUT2D eigenvalue weighted by Gasteiger charge is 2.10. The monoisotopic (exact) mass is 287 g/mol. The smallest absolute Gasteiger partial charge is 0.133 e. The minimum atomic E-state index is 0.600. The third-order valence-corrected chi connectivity index (χ3v) is 3.82. The van der Waals surface area contributed by atoms with Crippen molar-refractivity contribution >= 4 is 16.6 Å². The van der Waals surface area contributed by atoms with Gasteiger partial charge in [0.15, 0.2) is 0 Å². The average Bonchev–Trinajstić information content (AvgIpc) is 2.52. The molecule has 0 aliphatic heterocycles. The van der Waals surface area contributed by atoms with Gasteiger partial charge in [0.2, 0.25) is 0 Å². The molecule has 2 rings (SSSR count). The number of aromatic nitrogens is 1. The molecule has 4 heteroatoms. The molecule has 1 aromatic carbocycles. The summed E-state index contributed by atoms with van der Waals surface area (Å²) in [5, 5.41) is 5.67. The van der Waals surface area contributed by atoms with E-state index in [0.717, 1.165) is 41.9 Å². The standard InChI is InChI=1S/C17H25N3O/c1-3-5-13(8-10-18)12-20-17-15-6-4-7-16(21-2)14(15)9-11-19-17/h4,6-7,9,11,13H,3,5,8,10,12,18H2,1-2H3,(H,19,20). The van der Waals surface area contributed by atoms with Crippen molar-refractivity contribution in [2.45, 2.75) is 26.2 Å². The third-order valence-electron chi connectivity index (χ3n) is 3.82. The number of anilines is 1. The van der Waals surface area contributed by atoms with Crippen molar-refractivity contribution in [2.75, 3.05) is 25.5 Å². The Balaban J connectivity index is 2.18.